The molecule has 1 fully saturated rings. The quantitative estimate of drug-likeness (QED) is 0.908. The van der Waals surface area contributed by atoms with Gasteiger partial charge < -0.3 is 14.6 Å². The summed E-state index contributed by atoms with van der Waals surface area (Å²) in [5.41, 5.74) is 0.341. The Labute approximate surface area is 115 Å². The van der Waals surface area contributed by atoms with Crippen molar-refractivity contribution in [3.05, 3.63) is 35.9 Å². The summed E-state index contributed by atoms with van der Waals surface area (Å²) in [4.78, 5) is 0. The Balaban J connectivity index is 1.99. The molecule has 1 aliphatic rings. The van der Waals surface area contributed by atoms with Crippen LogP contribution in [0.3, 0.4) is 0 Å². The number of hydrogen-bond acceptors (Lipinski definition) is 3. The SMILES string of the molecule is CC1(C)CC[C@H](OCc2ccccc2)[C@](C)(CO)O1. The molecule has 2 atom stereocenters. The van der Waals surface area contributed by atoms with Crippen LogP contribution in [0, 0.1) is 0 Å². The Morgan fingerprint density at radius 3 is 2.58 bits per heavy atom. The second kappa shape index (κ2) is 5.61. The van der Waals surface area contributed by atoms with E-state index in [1.807, 2.05) is 37.3 Å². The molecule has 0 radical (unpaired) electrons. The van der Waals surface area contributed by atoms with Crippen LogP contribution in [0.2, 0.25) is 0 Å². The molecule has 1 aromatic rings. The lowest BCUT2D eigenvalue weighted by Crippen LogP contribution is -2.55. The first-order chi connectivity index (χ1) is 8.95. The molecule has 0 aromatic heterocycles. The van der Waals surface area contributed by atoms with Gasteiger partial charge in [0, 0.05) is 0 Å². The summed E-state index contributed by atoms with van der Waals surface area (Å²) in [6, 6.07) is 10.1. The minimum atomic E-state index is -0.615. The van der Waals surface area contributed by atoms with Crippen LogP contribution in [0.15, 0.2) is 30.3 Å². The van der Waals surface area contributed by atoms with Crippen LogP contribution < -0.4 is 0 Å². The van der Waals surface area contributed by atoms with E-state index < -0.39 is 5.60 Å². The topological polar surface area (TPSA) is 38.7 Å². The highest BCUT2D eigenvalue weighted by Crippen LogP contribution is 2.37. The molecular formula is C16H24O3. The fraction of sp³-hybridized carbons (Fsp3) is 0.625. The largest absolute Gasteiger partial charge is 0.393 e. The highest BCUT2D eigenvalue weighted by atomic mass is 16.6. The maximum atomic E-state index is 9.65. The molecule has 0 bridgehead atoms. The first-order valence-electron chi connectivity index (χ1n) is 6.92. The van der Waals surface area contributed by atoms with Crippen LogP contribution in [-0.2, 0) is 16.1 Å². The second-order valence-corrected chi connectivity index (χ2v) is 6.16. The fourth-order valence-electron chi connectivity index (χ4n) is 2.70. The fourth-order valence-corrected chi connectivity index (χ4v) is 2.70. The Morgan fingerprint density at radius 1 is 1.26 bits per heavy atom. The molecule has 0 unspecified atom stereocenters. The molecule has 106 valence electrons. The highest BCUT2D eigenvalue weighted by Gasteiger charge is 2.44. The molecule has 1 aromatic carbocycles. The third kappa shape index (κ3) is 3.56. The summed E-state index contributed by atoms with van der Waals surface area (Å²) in [5.74, 6) is 0. The third-order valence-electron chi connectivity index (χ3n) is 3.81. The molecular weight excluding hydrogens is 240 g/mol. The van der Waals surface area contributed by atoms with E-state index in [1.54, 1.807) is 0 Å². The number of aliphatic hydroxyl groups excluding tert-OH is 1. The summed E-state index contributed by atoms with van der Waals surface area (Å²) in [7, 11) is 0. The first kappa shape index (κ1) is 14.5. The number of rotatable bonds is 4. The summed E-state index contributed by atoms with van der Waals surface area (Å²) in [6.07, 6.45) is 1.80. The zero-order valence-corrected chi connectivity index (χ0v) is 12.1. The lowest BCUT2D eigenvalue weighted by Gasteiger charge is -2.47. The Morgan fingerprint density at radius 2 is 1.95 bits per heavy atom. The van der Waals surface area contributed by atoms with Gasteiger partial charge in [-0.15, -0.1) is 0 Å². The van der Waals surface area contributed by atoms with Crippen LogP contribution in [0.5, 0.6) is 0 Å². The molecule has 0 aliphatic carbocycles. The van der Waals surface area contributed by atoms with E-state index in [4.69, 9.17) is 9.47 Å². The van der Waals surface area contributed by atoms with Gasteiger partial charge in [0.25, 0.3) is 0 Å². The van der Waals surface area contributed by atoms with E-state index in [1.165, 1.54) is 0 Å². The van der Waals surface area contributed by atoms with Crippen LogP contribution in [0.1, 0.15) is 39.2 Å². The van der Waals surface area contributed by atoms with E-state index in [-0.39, 0.29) is 18.3 Å². The van der Waals surface area contributed by atoms with Crippen LogP contribution >= 0.6 is 0 Å². The molecule has 3 heteroatoms. The van der Waals surface area contributed by atoms with Gasteiger partial charge >= 0.3 is 0 Å². The molecule has 1 aliphatic heterocycles. The Hall–Kier alpha value is -0.900. The molecule has 2 rings (SSSR count). The lowest BCUT2D eigenvalue weighted by atomic mass is 9.86. The van der Waals surface area contributed by atoms with E-state index >= 15 is 0 Å². The zero-order chi connectivity index (χ0) is 13.9. The van der Waals surface area contributed by atoms with Crippen LogP contribution in [0.25, 0.3) is 0 Å². The second-order valence-electron chi connectivity index (χ2n) is 6.16. The maximum absolute atomic E-state index is 9.65. The van der Waals surface area contributed by atoms with E-state index in [9.17, 15) is 5.11 Å². The Kier molecular flexibility index (Phi) is 4.29. The van der Waals surface area contributed by atoms with E-state index in [0.29, 0.717) is 6.61 Å². The van der Waals surface area contributed by atoms with Gasteiger partial charge in [0.1, 0.15) is 5.60 Å². The summed E-state index contributed by atoms with van der Waals surface area (Å²) in [5, 5.41) is 9.65. The van der Waals surface area contributed by atoms with Gasteiger partial charge in [-0.2, -0.15) is 0 Å². The van der Waals surface area contributed by atoms with Gasteiger partial charge in [-0.25, -0.2) is 0 Å². The first-order valence-corrected chi connectivity index (χ1v) is 6.92. The normalized spacial score (nSPS) is 30.2. The summed E-state index contributed by atoms with van der Waals surface area (Å²) < 4.78 is 12.0. The smallest absolute Gasteiger partial charge is 0.115 e. The number of aliphatic hydroxyl groups is 1. The van der Waals surface area contributed by atoms with Gasteiger partial charge in [0.2, 0.25) is 0 Å². The van der Waals surface area contributed by atoms with Gasteiger partial charge in [-0.3, -0.25) is 0 Å². The highest BCUT2D eigenvalue weighted by molar-refractivity contribution is 5.13. The van der Waals surface area contributed by atoms with Gasteiger partial charge in [-0.1, -0.05) is 30.3 Å². The number of benzene rings is 1. The molecule has 0 saturated carbocycles. The Bertz CT molecular complexity index is 402. The molecule has 19 heavy (non-hydrogen) atoms. The number of hydrogen-bond donors (Lipinski definition) is 1. The van der Waals surface area contributed by atoms with Crippen molar-refractivity contribution >= 4 is 0 Å². The zero-order valence-electron chi connectivity index (χ0n) is 12.1. The van der Waals surface area contributed by atoms with Crippen molar-refractivity contribution in [2.45, 2.75) is 57.5 Å². The van der Waals surface area contributed by atoms with Crippen LogP contribution in [-0.4, -0.2) is 29.0 Å². The average molecular weight is 264 g/mol. The molecule has 0 amide bonds. The molecule has 0 spiro atoms. The van der Waals surface area contributed by atoms with Crippen molar-refractivity contribution in [1.29, 1.82) is 0 Å². The van der Waals surface area contributed by atoms with Crippen molar-refractivity contribution in [3.63, 3.8) is 0 Å². The van der Waals surface area contributed by atoms with Crippen molar-refractivity contribution in [1.82, 2.24) is 0 Å². The van der Waals surface area contributed by atoms with E-state index in [2.05, 4.69) is 13.8 Å². The number of ether oxygens (including phenoxy) is 2. The van der Waals surface area contributed by atoms with Gasteiger partial charge in [0.05, 0.1) is 24.9 Å². The van der Waals surface area contributed by atoms with Gasteiger partial charge in [0.15, 0.2) is 0 Å². The molecule has 1 N–H and O–H groups in total. The third-order valence-corrected chi connectivity index (χ3v) is 3.81. The summed E-state index contributed by atoms with van der Waals surface area (Å²) in [6.45, 7) is 6.60. The standard InChI is InChI=1S/C16H24O3/c1-15(2)10-9-14(16(3,12-17)19-15)18-11-13-7-5-4-6-8-13/h4-8,14,17H,9-12H2,1-3H3/t14-,16-/m0/s1. The summed E-state index contributed by atoms with van der Waals surface area (Å²) >= 11 is 0. The average Bonchev–Trinajstić information content (AvgIpc) is 2.38. The van der Waals surface area contributed by atoms with Gasteiger partial charge in [-0.05, 0) is 39.2 Å². The minimum Gasteiger partial charge on any atom is -0.393 e. The molecule has 1 saturated heterocycles. The van der Waals surface area contributed by atoms with Crippen molar-refractivity contribution in [3.8, 4) is 0 Å². The van der Waals surface area contributed by atoms with Crippen molar-refractivity contribution in [2.75, 3.05) is 6.61 Å². The monoisotopic (exact) mass is 264 g/mol. The van der Waals surface area contributed by atoms with E-state index in [0.717, 1.165) is 18.4 Å². The van der Waals surface area contributed by atoms with Crippen molar-refractivity contribution in [2.24, 2.45) is 0 Å². The predicted octanol–water partition coefficient (Wildman–Crippen LogP) is 2.91. The predicted molar refractivity (Wildman–Crippen MR) is 74.9 cm³/mol. The molecule has 3 nitrogen and oxygen atoms in total. The molecule has 1 heterocycles. The minimum absolute atomic E-state index is 0.0180. The van der Waals surface area contributed by atoms with Crippen molar-refractivity contribution < 1.29 is 14.6 Å². The van der Waals surface area contributed by atoms with Crippen LogP contribution in [0.4, 0.5) is 0 Å². The maximum Gasteiger partial charge on any atom is 0.115 e. The lowest BCUT2D eigenvalue weighted by molar-refractivity contribution is -0.243.